The standard InChI is InChI=1S/C37H33ClF7N7O4S/c1-18-16-36(41,42)33-28(18)32(37(43,44)45)48-52(33)17-27(53)47-26(14-19-12-20(39)15-21(40)13-19)30-23(7-6-22(46-30)10-11-35(2,3)54)24-8-9-25(38)29-31(24)51(4)49-34(29)50-57(5,55)56/h6-9,12-13,15,18,26,54H,14,16-17H2,1-5H3,(H,47,53)(H,49,50)/t18-,26-/m0/s1. The molecule has 0 spiro atoms. The van der Waals surface area contributed by atoms with Gasteiger partial charge in [0.1, 0.15) is 35.2 Å². The summed E-state index contributed by atoms with van der Waals surface area (Å²) in [5.74, 6) is -2.85. The zero-order valence-corrected chi connectivity index (χ0v) is 32.2. The molecule has 2 atom stereocenters. The monoisotopic (exact) mass is 839 g/mol. The number of hydrogen-bond acceptors (Lipinski definition) is 7. The largest absolute Gasteiger partial charge is 0.435 e. The van der Waals surface area contributed by atoms with Gasteiger partial charge in [-0.15, -0.1) is 0 Å². The van der Waals surface area contributed by atoms with Gasteiger partial charge in [-0.25, -0.2) is 22.2 Å². The number of fused-ring (bicyclic) bond motifs is 2. The molecule has 1 aliphatic carbocycles. The van der Waals surface area contributed by atoms with Gasteiger partial charge in [0.2, 0.25) is 15.9 Å². The Morgan fingerprint density at radius 1 is 1.09 bits per heavy atom. The summed E-state index contributed by atoms with van der Waals surface area (Å²) in [5, 5.41) is 20.8. The summed E-state index contributed by atoms with van der Waals surface area (Å²) in [5.41, 5.74) is -4.07. The second kappa shape index (κ2) is 14.6. The molecule has 3 N–H and O–H groups in total. The van der Waals surface area contributed by atoms with Gasteiger partial charge in [-0.3, -0.25) is 18.9 Å². The van der Waals surface area contributed by atoms with E-state index in [9.17, 15) is 40.3 Å². The van der Waals surface area contributed by atoms with Crippen LogP contribution in [-0.2, 0) is 46.9 Å². The third-order valence-electron chi connectivity index (χ3n) is 8.91. The average Bonchev–Trinajstić information content (AvgIpc) is 3.68. The highest BCUT2D eigenvalue weighted by Crippen LogP contribution is 2.52. The number of nitrogens with one attached hydrogen (secondary N) is 2. The minimum Gasteiger partial charge on any atom is -0.378 e. The normalized spacial score (nSPS) is 15.9. The van der Waals surface area contributed by atoms with Gasteiger partial charge in [0.25, 0.3) is 5.92 Å². The number of amides is 1. The van der Waals surface area contributed by atoms with Crippen LogP contribution in [0.15, 0.2) is 42.5 Å². The van der Waals surface area contributed by atoms with E-state index in [0.717, 1.165) is 18.4 Å². The van der Waals surface area contributed by atoms with Crippen LogP contribution in [0.2, 0.25) is 5.02 Å². The molecular formula is C37H33ClF7N7O4S. The number of aliphatic hydroxyl groups is 1. The first-order chi connectivity index (χ1) is 26.3. The van der Waals surface area contributed by atoms with Crippen molar-refractivity contribution >= 4 is 44.3 Å². The summed E-state index contributed by atoms with van der Waals surface area (Å²) in [6.45, 7) is 2.90. The first-order valence-electron chi connectivity index (χ1n) is 17.0. The molecule has 0 bridgehead atoms. The molecule has 5 aromatic rings. The summed E-state index contributed by atoms with van der Waals surface area (Å²) in [4.78, 5) is 18.5. The fourth-order valence-corrected chi connectivity index (χ4v) is 7.63. The molecule has 57 heavy (non-hydrogen) atoms. The number of carbonyl (C=O) groups excluding carboxylic acids is 1. The first kappa shape index (κ1) is 41.4. The van der Waals surface area contributed by atoms with Crippen LogP contribution in [0.25, 0.3) is 22.0 Å². The van der Waals surface area contributed by atoms with Gasteiger partial charge in [0.15, 0.2) is 11.5 Å². The van der Waals surface area contributed by atoms with Gasteiger partial charge in [-0.2, -0.15) is 32.1 Å². The molecule has 2 aromatic carbocycles. The molecule has 0 fully saturated rings. The van der Waals surface area contributed by atoms with Crippen LogP contribution >= 0.6 is 11.6 Å². The average molecular weight is 840 g/mol. The van der Waals surface area contributed by atoms with E-state index in [-0.39, 0.29) is 44.3 Å². The van der Waals surface area contributed by atoms with Gasteiger partial charge in [0.05, 0.1) is 33.9 Å². The van der Waals surface area contributed by atoms with Gasteiger partial charge >= 0.3 is 6.18 Å². The quantitative estimate of drug-likeness (QED) is 0.107. The predicted octanol–water partition coefficient (Wildman–Crippen LogP) is 6.98. The summed E-state index contributed by atoms with van der Waals surface area (Å²) < 4.78 is 130. The third-order valence-corrected chi connectivity index (χ3v) is 9.79. The highest BCUT2D eigenvalue weighted by atomic mass is 35.5. The molecular weight excluding hydrogens is 807 g/mol. The van der Waals surface area contributed by atoms with Crippen LogP contribution in [0.1, 0.15) is 73.1 Å². The van der Waals surface area contributed by atoms with Crippen LogP contribution < -0.4 is 10.0 Å². The zero-order chi connectivity index (χ0) is 42.0. The number of benzene rings is 2. The molecule has 1 amide bonds. The van der Waals surface area contributed by atoms with Crippen molar-refractivity contribution in [2.45, 2.75) is 69.8 Å². The lowest BCUT2D eigenvalue weighted by Gasteiger charge is -2.23. The topological polar surface area (TPSA) is 144 Å². The van der Waals surface area contributed by atoms with Crippen molar-refractivity contribution in [2.75, 3.05) is 11.0 Å². The van der Waals surface area contributed by atoms with Crippen molar-refractivity contribution in [1.29, 1.82) is 0 Å². The Morgan fingerprint density at radius 2 is 1.74 bits per heavy atom. The van der Waals surface area contributed by atoms with Gasteiger partial charge < -0.3 is 10.4 Å². The number of nitrogens with zero attached hydrogens (tertiary/aromatic N) is 5. The summed E-state index contributed by atoms with van der Waals surface area (Å²) in [6.07, 6.45) is -5.55. The van der Waals surface area contributed by atoms with Crippen LogP contribution in [0.5, 0.6) is 0 Å². The van der Waals surface area contributed by atoms with Gasteiger partial charge in [-0.1, -0.05) is 30.5 Å². The molecule has 302 valence electrons. The molecule has 0 saturated carbocycles. The maximum absolute atomic E-state index is 15.2. The number of pyridine rings is 1. The highest BCUT2D eigenvalue weighted by molar-refractivity contribution is 7.92. The molecule has 3 heterocycles. The molecule has 20 heteroatoms. The Hall–Kier alpha value is -5.19. The smallest absolute Gasteiger partial charge is 0.378 e. The van der Waals surface area contributed by atoms with Crippen molar-refractivity contribution in [3.8, 4) is 23.0 Å². The first-order valence-corrected chi connectivity index (χ1v) is 19.3. The number of halogens is 8. The lowest BCUT2D eigenvalue weighted by atomic mass is 9.93. The molecule has 0 aliphatic heterocycles. The molecule has 3 aromatic heterocycles. The van der Waals surface area contributed by atoms with Crippen molar-refractivity contribution in [3.63, 3.8) is 0 Å². The van der Waals surface area contributed by atoms with E-state index in [2.05, 4.69) is 37.1 Å². The number of carbonyl (C=O) groups is 1. The Kier molecular flexibility index (Phi) is 10.6. The fraction of sp³-hybridized carbons (Fsp3) is 0.351. The number of alkyl halides is 5. The van der Waals surface area contributed by atoms with Crippen molar-refractivity contribution < 1.29 is 49.1 Å². The summed E-state index contributed by atoms with van der Waals surface area (Å²) in [6, 6.07) is 7.10. The van der Waals surface area contributed by atoms with Crippen molar-refractivity contribution in [3.05, 3.63) is 93.0 Å². The number of rotatable bonds is 9. The second-order valence-corrected chi connectivity index (χ2v) is 16.4. The lowest BCUT2D eigenvalue weighted by Crippen LogP contribution is -2.35. The van der Waals surface area contributed by atoms with E-state index in [1.165, 1.54) is 56.8 Å². The third kappa shape index (κ3) is 8.87. The van der Waals surface area contributed by atoms with Crippen LogP contribution in [0, 0.1) is 23.5 Å². The second-order valence-electron chi connectivity index (χ2n) is 14.3. The Bertz CT molecular complexity index is 2590. The maximum Gasteiger partial charge on any atom is 0.435 e. The van der Waals surface area contributed by atoms with E-state index in [1.807, 2.05) is 0 Å². The highest BCUT2D eigenvalue weighted by Gasteiger charge is 2.53. The minimum atomic E-state index is -5.11. The zero-order valence-electron chi connectivity index (χ0n) is 30.7. The number of hydrogen-bond donors (Lipinski definition) is 3. The fourth-order valence-electron chi connectivity index (χ4n) is 6.89. The Morgan fingerprint density at radius 3 is 2.35 bits per heavy atom. The minimum absolute atomic E-state index is 0.0142. The molecule has 6 rings (SSSR count). The number of anilines is 1. The van der Waals surface area contributed by atoms with Crippen LogP contribution in [0.3, 0.4) is 0 Å². The lowest BCUT2D eigenvalue weighted by molar-refractivity contribution is -0.142. The summed E-state index contributed by atoms with van der Waals surface area (Å²) in [7, 11) is -2.36. The van der Waals surface area contributed by atoms with E-state index in [4.69, 9.17) is 11.6 Å². The predicted molar refractivity (Wildman–Crippen MR) is 196 cm³/mol. The molecule has 0 radical (unpaired) electrons. The number of aromatic nitrogens is 5. The number of sulfonamides is 1. The molecule has 11 nitrogen and oxygen atoms in total. The van der Waals surface area contributed by atoms with Gasteiger partial charge in [-0.05, 0) is 68.0 Å². The van der Waals surface area contributed by atoms with Crippen molar-refractivity contribution in [2.24, 2.45) is 7.05 Å². The molecule has 0 saturated heterocycles. The van der Waals surface area contributed by atoms with E-state index in [0.29, 0.717) is 16.3 Å². The van der Waals surface area contributed by atoms with Crippen LogP contribution in [0.4, 0.5) is 36.6 Å². The SMILES string of the molecule is C[C@H]1CC(F)(F)c2c1c(C(F)(F)F)nn2CC(=O)N[C@@H](Cc1cc(F)cc(F)c1)c1nc(C#CC(C)(C)O)ccc1-c1ccc(Cl)c2c(NS(C)(=O)=O)nn(C)c12. The van der Waals surface area contributed by atoms with E-state index < -0.39 is 93.6 Å². The molecule has 1 aliphatic rings. The Labute approximate surface area is 326 Å². The maximum atomic E-state index is 15.2. The Balaban J connectivity index is 1.55. The van der Waals surface area contributed by atoms with E-state index >= 15 is 8.78 Å². The van der Waals surface area contributed by atoms with Gasteiger partial charge in [0, 0.05) is 36.2 Å². The summed E-state index contributed by atoms with van der Waals surface area (Å²) >= 11 is 6.55. The number of aryl methyl sites for hydroxylation is 1. The molecule has 0 unspecified atom stereocenters. The van der Waals surface area contributed by atoms with E-state index in [1.54, 1.807) is 0 Å². The van der Waals surface area contributed by atoms with Crippen LogP contribution in [-0.4, -0.2) is 55.8 Å². The van der Waals surface area contributed by atoms with Crippen molar-refractivity contribution in [1.82, 2.24) is 29.9 Å².